The average Bonchev–Trinajstić information content (AvgIpc) is 2.51. The minimum Gasteiger partial charge on any atom is -0.357 e. The Morgan fingerprint density at radius 2 is 2.23 bits per heavy atom. The molecule has 13 heavy (non-hydrogen) atoms. The molecule has 74 valence electrons. The maximum absolute atomic E-state index is 3.33. The van der Waals surface area contributed by atoms with Crippen molar-refractivity contribution in [3.8, 4) is 0 Å². The molecule has 0 amide bonds. The van der Waals surface area contributed by atoms with Crippen molar-refractivity contribution in [2.75, 3.05) is 13.1 Å². The van der Waals surface area contributed by atoms with Gasteiger partial charge in [0.05, 0.1) is 0 Å². The Bertz CT molecular complexity index is 228. The molecular formula is C11H20N2. The summed E-state index contributed by atoms with van der Waals surface area (Å²) in [6, 6.07) is 2.20. The van der Waals surface area contributed by atoms with Crippen LogP contribution in [-0.4, -0.2) is 17.7 Å². The quantitative estimate of drug-likeness (QED) is 0.662. The third-order valence-electron chi connectivity index (χ3n) is 2.21. The van der Waals surface area contributed by atoms with Crippen LogP contribution in [0.25, 0.3) is 0 Å². The van der Waals surface area contributed by atoms with E-state index in [4.69, 9.17) is 0 Å². The summed E-state index contributed by atoms with van der Waals surface area (Å²) >= 11 is 0. The van der Waals surface area contributed by atoms with Crippen molar-refractivity contribution in [3.05, 3.63) is 24.0 Å². The van der Waals surface area contributed by atoms with Gasteiger partial charge >= 0.3 is 0 Å². The normalized spacial score (nSPS) is 10.6. The lowest BCUT2D eigenvalue weighted by atomic mass is 10.1. The Labute approximate surface area is 81.0 Å². The van der Waals surface area contributed by atoms with E-state index in [0.29, 0.717) is 0 Å². The van der Waals surface area contributed by atoms with Gasteiger partial charge in [-0.1, -0.05) is 6.92 Å². The van der Waals surface area contributed by atoms with Crippen LogP contribution in [0, 0.1) is 0 Å². The van der Waals surface area contributed by atoms with E-state index in [2.05, 4.69) is 42.3 Å². The molecule has 0 saturated heterocycles. The van der Waals surface area contributed by atoms with Gasteiger partial charge in [0.2, 0.25) is 0 Å². The highest BCUT2D eigenvalue weighted by Gasteiger charge is 1.94. The zero-order chi connectivity index (χ0) is 9.52. The molecule has 2 heteroatoms. The van der Waals surface area contributed by atoms with Gasteiger partial charge in [-0.2, -0.15) is 0 Å². The van der Waals surface area contributed by atoms with E-state index < -0.39 is 0 Å². The standard InChI is InChI=1S/C11H20N2/c1-3-12-8-5-4-6-11-7-9-13(2)10-11/h7,9-10,12H,3-6,8H2,1-2H3. The number of rotatable bonds is 6. The Morgan fingerprint density at radius 3 is 2.85 bits per heavy atom. The Balaban J connectivity index is 2.06. The molecule has 1 heterocycles. The van der Waals surface area contributed by atoms with Crippen LogP contribution < -0.4 is 5.32 Å². The van der Waals surface area contributed by atoms with E-state index in [1.54, 1.807) is 0 Å². The van der Waals surface area contributed by atoms with E-state index in [1.807, 2.05) is 0 Å². The molecule has 0 bridgehead atoms. The maximum atomic E-state index is 3.33. The van der Waals surface area contributed by atoms with Crippen molar-refractivity contribution in [3.63, 3.8) is 0 Å². The molecule has 0 unspecified atom stereocenters. The van der Waals surface area contributed by atoms with Crippen LogP contribution in [0.15, 0.2) is 18.5 Å². The first-order chi connectivity index (χ1) is 6.33. The summed E-state index contributed by atoms with van der Waals surface area (Å²) in [5.41, 5.74) is 1.46. The highest BCUT2D eigenvalue weighted by molar-refractivity contribution is 5.09. The molecule has 2 nitrogen and oxygen atoms in total. The number of unbranched alkanes of at least 4 members (excludes halogenated alkanes) is 1. The molecule has 0 radical (unpaired) electrons. The molecule has 1 rings (SSSR count). The minimum absolute atomic E-state index is 1.09. The van der Waals surface area contributed by atoms with Crippen LogP contribution in [0.1, 0.15) is 25.3 Å². The summed E-state index contributed by atoms with van der Waals surface area (Å²) < 4.78 is 2.11. The molecule has 0 aromatic carbocycles. The minimum atomic E-state index is 1.09. The number of nitrogens with one attached hydrogen (secondary N) is 1. The van der Waals surface area contributed by atoms with Crippen molar-refractivity contribution in [1.29, 1.82) is 0 Å². The van der Waals surface area contributed by atoms with Gasteiger partial charge in [0.1, 0.15) is 0 Å². The first-order valence-electron chi connectivity index (χ1n) is 5.14. The SMILES string of the molecule is CCNCCCCc1ccn(C)c1. The molecule has 1 aromatic heterocycles. The van der Waals surface area contributed by atoms with Crippen molar-refractivity contribution >= 4 is 0 Å². The van der Waals surface area contributed by atoms with Crippen LogP contribution in [0.3, 0.4) is 0 Å². The van der Waals surface area contributed by atoms with Gasteiger partial charge in [-0.05, 0) is 44.0 Å². The highest BCUT2D eigenvalue weighted by Crippen LogP contribution is 2.04. The summed E-state index contributed by atoms with van der Waals surface area (Å²) in [5.74, 6) is 0. The topological polar surface area (TPSA) is 17.0 Å². The van der Waals surface area contributed by atoms with E-state index >= 15 is 0 Å². The summed E-state index contributed by atoms with van der Waals surface area (Å²) in [7, 11) is 2.07. The molecule has 0 aliphatic rings. The fourth-order valence-corrected chi connectivity index (χ4v) is 1.46. The zero-order valence-corrected chi connectivity index (χ0v) is 8.71. The first kappa shape index (κ1) is 10.3. The first-order valence-corrected chi connectivity index (χ1v) is 5.14. The lowest BCUT2D eigenvalue weighted by molar-refractivity contribution is 0.640. The van der Waals surface area contributed by atoms with Crippen molar-refractivity contribution < 1.29 is 0 Å². The van der Waals surface area contributed by atoms with Crippen LogP contribution in [-0.2, 0) is 13.5 Å². The van der Waals surface area contributed by atoms with Gasteiger partial charge in [0.25, 0.3) is 0 Å². The Hall–Kier alpha value is -0.760. The third kappa shape index (κ3) is 4.13. The molecule has 0 spiro atoms. The Kier molecular flexibility index (Phi) is 4.61. The number of aryl methyl sites for hydroxylation is 2. The summed E-state index contributed by atoms with van der Waals surface area (Å²) in [6.07, 6.45) is 8.10. The van der Waals surface area contributed by atoms with Gasteiger partial charge in [-0.15, -0.1) is 0 Å². The molecular weight excluding hydrogens is 160 g/mol. The van der Waals surface area contributed by atoms with Gasteiger partial charge in [-0.25, -0.2) is 0 Å². The van der Waals surface area contributed by atoms with Crippen LogP contribution in [0.4, 0.5) is 0 Å². The van der Waals surface area contributed by atoms with Crippen molar-refractivity contribution in [2.45, 2.75) is 26.2 Å². The van der Waals surface area contributed by atoms with Gasteiger partial charge in [-0.3, -0.25) is 0 Å². The second kappa shape index (κ2) is 5.81. The average molecular weight is 180 g/mol. The number of hydrogen-bond acceptors (Lipinski definition) is 1. The molecule has 1 aromatic rings. The summed E-state index contributed by atoms with van der Waals surface area (Å²) in [5, 5.41) is 3.33. The third-order valence-corrected chi connectivity index (χ3v) is 2.21. The maximum Gasteiger partial charge on any atom is 0.0106 e. The molecule has 0 saturated carbocycles. The van der Waals surface area contributed by atoms with Gasteiger partial charge in [0, 0.05) is 19.4 Å². The summed E-state index contributed by atoms with van der Waals surface area (Å²) in [4.78, 5) is 0. The predicted octanol–water partition coefficient (Wildman–Crippen LogP) is 1.96. The van der Waals surface area contributed by atoms with E-state index in [0.717, 1.165) is 13.1 Å². The monoisotopic (exact) mass is 180 g/mol. The van der Waals surface area contributed by atoms with Gasteiger partial charge < -0.3 is 9.88 Å². The second-order valence-electron chi connectivity index (χ2n) is 3.50. The fourth-order valence-electron chi connectivity index (χ4n) is 1.46. The predicted molar refractivity (Wildman–Crippen MR) is 56.9 cm³/mol. The van der Waals surface area contributed by atoms with Gasteiger partial charge in [0.15, 0.2) is 0 Å². The molecule has 0 aliphatic heterocycles. The molecule has 0 atom stereocenters. The molecule has 0 fully saturated rings. The largest absolute Gasteiger partial charge is 0.357 e. The smallest absolute Gasteiger partial charge is 0.0106 e. The Morgan fingerprint density at radius 1 is 1.38 bits per heavy atom. The fraction of sp³-hybridized carbons (Fsp3) is 0.636. The molecule has 1 N–H and O–H groups in total. The second-order valence-corrected chi connectivity index (χ2v) is 3.50. The van der Waals surface area contributed by atoms with Crippen LogP contribution in [0.2, 0.25) is 0 Å². The van der Waals surface area contributed by atoms with E-state index in [-0.39, 0.29) is 0 Å². The number of aromatic nitrogens is 1. The van der Waals surface area contributed by atoms with Crippen molar-refractivity contribution in [1.82, 2.24) is 9.88 Å². The molecule has 0 aliphatic carbocycles. The van der Waals surface area contributed by atoms with E-state index in [9.17, 15) is 0 Å². The van der Waals surface area contributed by atoms with Crippen molar-refractivity contribution in [2.24, 2.45) is 7.05 Å². The number of nitrogens with zero attached hydrogens (tertiary/aromatic N) is 1. The zero-order valence-electron chi connectivity index (χ0n) is 8.71. The van der Waals surface area contributed by atoms with Crippen LogP contribution >= 0.6 is 0 Å². The van der Waals surface area contributed by atoms with Crippen LogP contribution in [0.5, 0.6) is 0 Å². The lowest BCUT2D eigenvalue weighted by Gasteiger charge is -2.00. The highest BCUT2D eigenvalue weighted by atomic mass is 14.9. The lowest BCUT2D eigenvalue weighted by Crippen LogP contribution is -2.13. The number of hydrogen-bond donors (Lipinski definition) is 1. The van der Waals surface area contributed by atoms with E-state index in [1.165, 1.54) is 24.8 Å². The summed E-state index contributed by atoms with van der Waals surface area (Å²) in [6.45, 7) is 4.39.